The van der Waals surface area contributed by atoms with Crippen LogP contribution in [0.4, 0.5) is 0 Å². The Hall–Kier alpha value is -1.79. The molecular weight excluding hydrogens is 272 g/mol. The van der Waals surface area contributed by atoms with Crippen LogP contribution in [0.1, 0.15) is 18.5 Å². The molecule has 0 aliphatic carbocycles. The van der Waals surface area contributed by atoms with Gasteiger partial charge in [0.25, 0.3) is 0 Å². The first-order valence-corrected chi connectivity index (χ1v) is 7.06. The third kappa shape index (κ3) is 4.09. The van der Waals surface area contributed by atoms with Gasteiger partial charge in [0.05, 0.1) is 6.61 Å². The summed E-state index contributed by atoms with van der Waals surface area (Å²) < 4.78 is 15.8. The zero-order valence-corrected chi connectivity index (χ0v) is 12.7. The minimum Gasteiger partial charge on any atom is -0.465 e. The number of carbonyl (C=O) groups excluding carboxylic acids is 1. The smallest absolute Gasteiger partial charge is 0.327 e. The van der Waals surface area contributed by atoms with Crippen molar-refractivity contribution in [2.75, 3.05) is 40.6 Å². The van der Waals surface area contributed by atoms with Crippen molar-refractivity contribution >= 4 is 5.97 Å². The van der Waals surface area contributed by atoms with Gasteiger partial charge in [-0.1, -0.05) is 6.07 Å². The molecule has 1 N–H and O–H groups in total. The fourth-order valence-electron chi connectivity index (χ4n) is 2.09. The van der Waals surface area contributed by atoms with Crippen LogP contribution in [0, 0.1) is 0 Å². The Morgan fingerprint density at radius 2 is 2.14 bits per heavy atom. The molecule has 0 saturated carbocycles. The largest absolute Gasteiger partial charge is 0.465 e. The minimum absolute atomic E-state index is 0.219. The Balaban J connectivity index is 2.11. The maximum absolute atomic E-state index is 12.1. The van der Waals surface area contributed by atoms with Crippen LogP contribution < -0.4 is 14.8 Å². The Morgan fingerprint density at radius 1 is 1.38 bits per heavy atom. The molecule has 0 fully saturated rings. The van der Waals surface area contributed by atoms with Crippen molar-refractivity contribution in [1.29, 1.82) is 0 Å². The number of nitrogens with one attached hydrogen (secondary N) is 1. The van der Waals surface area contributed by atoms with Gasteiger partial charge in [-0.3, -0.25) is 5.32 Å². The molecule has 1 atom stereocenters. The van der Waals surface area contributed by atoms with E-state index in [0.717, 1.165) is 12.1 Å². The summed E-state index contributed by atoms with van der Waals surface area (Å²) in [6, 6.07) is 5.00. The molecule has 1 unspecified atom stereocenters. The fourth-order valence-corrected chi connectivity index (χ4v) is 2.09. The molecule has 0 spiro atoms. The lowest BCUT2D eigenvalue weighted by atomic mass is 10.1. The lowest BCUT2D eigenvalue weighted by Gasteiger charge is -2.19. The topological polar surface area (TPSA) is 60.0 Å². The van der Waals surface area contributed by atoms with Gasteiger partial charge in [-0.2, -0.15) is 0 Å². The van der Waals surface area contributed by atoms with Crippen molar-refractivity contribution in [2.45, 2.75) is 13.0 Å². The van der Waals surface area contributed by atoms with E-state index < -0.39 is 6.04 Å². The average Bonchev–Trinajstić information content (AvgIpc) is 2.90. The van der Waals surface area contributed by atoms with E-state index in [-0.39, 0.29) is 12.8 Å². The molecule has 6 heteroatoms. The normalized spacial score (nSPS) is 14.3. The van der Waals surface area contributed by atoms with E-state index in [4.69, 9.17) is 14.2 Å². The van der Waals surface area contributed by atoms with Crippen LogP contribution in [0.3, 0.4) is 0 Å². The summed E-state index contributed by atoms with van der Waals surface area (Å²) in [5, 5.41) is 3.23. The number of fused-ring (bicyclic) bond motifs is 1. The van der Waals surface area contributed by atoms with Crippen molar-refractivity contribution in [2.24, 2.45) is 0 Å². The van der Waals surface area contributed by atoms with Crippen LogP contribution in [0.15, 0.2) is 18.2 Å². The van der Waals surface area contributed by atoms with Crippen molar-refractivity contribution < 1.29 is 19.0 Å². The molecule has 116 valence electrons. The second-order valence-corrected chi connectivity index (χ2v) is 5.06. The molecule has 0 aromatic heterocycles. The molecule has 1 aliphatic rings. The molecule has 1 aromatic carbocycles. The second kappa shape index (κ2) is 7.28. The summed E-state index contributed by atoms with van der Waals surface area (Å²) in [7, 11) is 3.98. The molecule has 0 bridgehead atoms. The Bertz CT molecular complexity index is 491. The zero-order valence-electron chi connectivity index (χ0n) is 12.7. The molecule has 1 aromatic rings. The molecule has 0 amide bonds. The van der Waals surface area contributed by atoms with Gasteiger partial charge in [-0.15, -0.1) is 0 Å². The van der Waals surface area contributed by atoms with E-state index in [2.05, 4.69) is 10.2 Å². The molecule has 0 radical (unpaired) electrons. The summed E-state index contributed by atoms with van der Waals surface area (Å²) >= 11 is 0. The van der Waals surface area contributed by atoms with Gasteiger partial charge in [-0.25, -0.2) is 4.79 Å². The van der Waals surface area contributed by atoms with Crippen molar-refractivity contribution in [1.82, 2.24) is 10.2 Å². The molecule has 1 heterocycles. The van der Waals surface area contributed by atoms with Crippen LogP contribution >= 0.6 is 0 Å². The molecule has 0 saturated heterocycles. The van der Waals surface area contributed by atoms with Crippen LogP contribution in [0.25, 0.3) is 0 Å². The highest BCUT2D eigenvalue weighted by molar-refractivity contribution is 5.78. The summed E-state index contributed by atoms with van der Waals surface area (Å²) in [4.78, 5) is 14.2. The Morgan fingerprint density at radius 3 is 2.86 bits per heavy atom. The van der Waals surface area contributed by atoms with Crippen LogP contribution in [-0.2, 0) is 9.53 Å². The number of hydrogen-bond donors (Lipinski definition) is 1. The van der Waals surface area contributed by atoms with E-state index in [1.54, 1.807) is 6.92 Å². The summed E-state index contributed by atoms with van der Waals surface area (Å²) in [5.74, 6) is 1.08. The van der Waals surface area contributed by atoms with E-state index in [1.165, 1.54) is 0 Å². The molecule has 21 heavy (non-hydrogen) atoms. The predicted molar refractivity (Wildman–Crippen MR) is 78.5 cm³/mol. The molecule has 6 nitrogen and oxygen atoms in total. The Kier molecular flexibility index (Phi) is 5.41. The third-order valence-corrected chi connectivity index (χ3v) is 3.16. The monoisotopic (exact) mass is 294 g/mol. The zero-order chi connectivity index (χ0) is 15.2. The van der Waals surface area contributed by atoms with Gasteiger partial charge >= 0.3 is 5.97 Å². The fraction of sp³-hybridized carbons (Fsp3) is 0.533. The number of benzene rings is 1. The maximum atomic E-state index is 12.1. The van der Waals surface area contributed by atoms with Gasteiger partial charge < -0.3 is 19.1 Å². The highest BCUT2D eigenvalue weighted by atomic mass is 16.7. The molecule has 2 rings (SSSR count). The van der Waals surface area contributed by atoms with Crippen LogP contribution in [0.2, 0.25) is 0 Å². The Labute approximate surface area is 125 Å². The highest BCUT2D eigenvalue weighted by Gasteiger charge is 2.24. The SMILES string of the molecule is CCOC(=O)C(NCCN(C)C)c1ccc2c(c1)OCO2. The first kappa shape index (κ1) is 15.6. The quantitative estimate of drug-likeness (QED) is 0.762. The van der Waals surface area contributed by atoms with Crippen LogP contribution in [0.5, 0.6) is 11.5 Å². The van der Waals surface area contributed by atoms with Crippen molar-refractivity contribution in [3.05, 3.63) is 23.8 Å². The summed E-state index contributed by atoms with van der Waals surface area (Å²) in [6.07, 6.45) is 0. The second-order valence-electron chi connectivity index (χ2n) is 5.06. The van der Waals surface area contributed by atoms with E-state index in [1.807, 2.05) is 32.3 Å². The number of rotatable bonds is 7. The van der Waals surface area contributed by atoms with Crippen LogP contribution in [-0.4, -0.2) is 51.5 Å². The van der Waals surface area contributed by atoms with Gasteiger partial charge in [0.2, 0.25) is 6.79 Å². The van der Waals surface area contributed by atoms with Crippen molar-refractivity contribution in [3.8, 4) is 11.5 Å². The first-order chi connectivity index (χ1) is 10.1. The van der Waals surface area contributed by atoms with Gasteiger partial charge in [0, 0.05) is 13.1 Å². The molecular formula is C15H22N2O4. The minimum atomic E-state index is -0.501. The number of hydrogen-bond acceptors (Lipinski definition) is 6. The van der Waals surface area contributed by atoms with Gasteiger partial charge in [0.15, 0.2) is 11.5 Å². The number of esters is 1. The van der Waals surface area contributed by atoms with Crippen molar-refractivity contribution in [3.63, 3.8) is 0 Å². The number of carbonyl (C=O) groups is 1. The third-order valence-electron chi connectivity index (χ3n) is 3.16. The van der Waals surface area contributed by atoms with E-state index in [9.17, 15) is 4.79 Å². The van der Waals surface area contributed by atoms with E-state index >= 15 is 0 Å². The average molecular weight is 294 g/mol. The molecule has 1 aliphatic heterocycles. The lowest BCUT2D eigenvalue weighted by molar-refractivity contribution is -0.145. The summed E-state index contributed by atoms with van der Waals surface area (Å²) in [5.41, 5.74) is 0.816. The first-order valence-electron chi connectivity index (χ1n) is 7.06. The number of nitrogens with zero attached hydrogens (tertiary/aromatic N) is 1. The predicted octanol–water partition coefficient (Wildman–Crippen LogP) is 1.17. The highest BCUT2D eigenvalue weighted by Crippen LogP contribution is 2.34. The van der Waals surface area contributed by atoms with E-state index in [0.29, 0.717) is 24.7 Å². The maximum Gasteiger partial charge on any atom is 0.327 e. The lowest BCUT2D eigenvalue weighted by Crippen LogP contribution is -2.35. The van der Waals surface area contributed by atoms with Gasteiger partial charge in [0.1, 0.15) is 6.04 Å². The number of ether oxygens (including phenoxy) is 3. The number of likely N-dealkylation sites (N-methyl/N-ethyl adjacent to an activating group) is 1. The standard InChI is InChI=1S/C15H22N2O4/c1-4-19-15(18)14(16-7-8-17(2)3)11-5-6-12-13(9-11)21-10-20-12/h5-6,9,14,16H,4,7-8,10H2,1-3H3. The van der Waals surface area contributed by atoms with Gasteiger partial charge in [-0.05, 0) is 38.7 Å². The summed E-state index contributed by atoms with van der Waals surface area (Å²) in [6.45, 7) is 3.89.